The average molecular weight is 289 g/mol. The van der Waals surface area contributed by atoms with Crippen molar-refractivity contribution in [1.29, 1.82) is 0 Å². The number of rotatable bonds is 5. The lowest BCUT2D eigenvalue weighted by Crippen LogP contribution is -2.08. The summed E-state index contributed by atoms with van der Waals surface area (Å²) < 4.78 is 11.4. The first-order valence-electron chi connectivity index (χ1n) is 6.40. The third kappa shape index (κ3) is 3.08. The molecule has 4 heteroatoms. The number of benzene rings is 2. The molecule has 0 aliphatic carbocycles. The van der Waals surface area contributed by atoms with E-state index in [1.54, 1.807) is 18.9 Å². The minimum atomic E-state index is -0.164. The summed E-state index contributed by atoms with van der Waals surface area (Å²) in [6, 6.07) is 13.5. The van der Waals surface area contributed by atoms with Gasteiger partial charge in [0.25, 0.3) is 0 Å². The van der Waals surface area contributed by atoms with Crippen LogP contribution in [0.4, 0.5) is 0 Å². The number of hydrogen-bond donors (Lipinski definition) is 1. The Morgan fingerprint density at radius 2 is 1.65 bits per heavy atom. The highest BCUT2D eigenvalue weighted by atomic mass is 32.2. The van der Waals surface area contributed by atoms with Crippen LogP contribution in [0.1, 0.15) is 18.5 Å². The zero-order valence-electron chi connectivity index (χ0n) is 11.9. The normalized spacial score (nSPS) is 12.0. The molecule has 2 N–H and O–H groups in total. The Labute approximate surface area is 124 Å². The smallest absolute Gasteiger partial charge is 0.140 e. The van der Waals surface area contributed by atoms with Gasteiger partial charge in [0.2, 0.25) is 0 Å². The van der Waals surface area contributed by atoms with Gasteiger partial charge < -0.3 is 15.2 Å². The highest BCUT2D eigenvalue weighted by Crippen LogP contribution is 2.38. The van der Waals surface area contributed by atoms with Gasteiger partial charge in [-0.05, 0) is 37.4 Å². The van der Waals surface area contributed by atoms with E-state index in [0.717, 1.165) is 27.7 Å². The van der Waals surface area contributed by atoms with Crippen molar-refractivity contribution in [3.8, 4) is 17.2 Å². The van der Waals surface area contributed by atoms with Crippen molar-refractivity contribution in [1.82, 2.24) is 0 Å². The summed E-state index contributed by atoms with van der Waals surface area (Å²) in [5.74, 6) is 2.31. The molecule has 0 aromatic heterocycles. The lowest BCUT2D eigenvalue weighted by Gasteiger charge is -2.18. The fraction of sp³-hybridized carbons (Fsp3) is 0.250. The molecule has 20 heavy (non-hydrogen) atoms. The number of thioether (sulfide) groups is 1. The third-order valence-corrected chi connectivity index (χ3v) is 3.77. The molecule has 2 aromatic rings. The standard InChI is InChI=1S/C16H19NO2S/c1-11(17)16-13(18-2)8-6-9-14(16)19-12-7-4-5-10-15(12)20-3/h4-11H,17H2,1-3H3/t11-/m1/s1. The molecule has 1 atom stereocenters. The van der Waals surface area contributed by atoms with Crippen LogP contribution >= 0.6 is 11.8 Å². The maximum absolute atomic E-state index is 6.05. The minimum Gasteiger partial charge on any atom is -0.496 e. The molecule has 2 aromatic carbocycles. The molecule has 0 aliphatic heterocycles. The van der Waals surface area contributed by atoms with Crippen molar-refractivity contribution in [2.45, 2.75) is 17.9 Å². The van der Waals surface area contributed by atoms with Crippen molar-refractivity contribution in [3.63, 3.8) is 0 Å². The Morgan fingerprint density at radius 3 is 2.30 bits per heavy atom. The van der Waals surface area contributed by atoms with Crippen molar-refractivity contribution in [2.24, 2.45) is 5.73 Å². The average Bonchev–Trinajstić information content (AvgIpc) is 2.47. The van der Waals surface area contributed by atoms with E-state index in [1.165, 1.54) is 0 Å². The van der Waals surface area contributed by atoms with Gasteiger partial charge in [0.15, 0.2) is 0 Å². The minimum absolute atomic E-state index is 0.164. The zero-order valence-corrected chi connectivity index (χ0v) is 12.7. The van der Waals surface area contributed by atoms with Crippen LogP contribution in [0.15, 0.2) is 47.4 Å². The summed E-state index contributed by atoms with van der Waals surface area (Å²) in [5, 5.41) is 0. The van der Waals surface area contributed by atoms with Crippen LogP contribution in [0.3, 0.4) is 0 Å². The van der Waals surface area contributed by atoms with Crippen LogP contribution in [0.2, 0.25) is 0 Å². The predicted molar refractivity (Wildman–Crippen MR) is 83.9 cm³/mol. The maximum atomic E-state index is 6.05. The van der Waals surface area contributed by atoms with Crippen molar-refractivity contribution < 1.29 is 9.47 Å². The van der Waals surface area contributed by atoms with Crippen molar-refractivity contribution in [2.75, 3.05) is 13.4 Å². The van der Waals surface area contributed by atoms with Gasteiger partial charge in [-0.1, -0.05) is 18.2 Å². The van der Waals surface area contributed by atoms with Gasteiger partial charge in [0.05, 0.1) is 12.7 Å². The first kappa shape index (κ1) is 14.8. The second-order valence-corrected chi connectivity index (χ2v) is 5.26. The predicted octanol–water partition coefficient (Wildman–Crippen LogP) is 4.23. The Morgan fingerprint density at radius 1 is 1.00 bits per heavy atom. The second-order valence-electron chi connectivity index (χ2n) is 4.41. The summed E-state index contributed by atoms with van der Waals surface area (Å²) in [6.07, 6.45) is 2.03. The number of nitrogens with two attached hydrogens (primary N) is 1. The van der Waals surface area contributed by atoms with Gasteiger partial charge >= 0.3 is 0 Å². The fourth-order valence-electron chi connectivity index (χ4n) is 2.06. The van der Waals surface area contributed by atoms with E-state index >= 15 is 0 Å². The molecule has 0 radical (unpaired) electrons. The summed E-state index contributed by atoms with van der Waals surface area (Å²) in [7, 11) is 1.64. The monoisotopic (exact) mass is 289 g/mol. The highest BCUT2D eigenvalue weighted by molar-refractivity contribution is 7.98. The molecule has 0 amide bonds. The first-order chi connectivity index (χ1) is 9.67. The van der Waals surface area contributed by atoms with Crippen LogP contribution in [0, 0.1) is 0 Å². The third-order valence-electron chi connectivity index (χ3n) is 2.99. The van der Waals surface area contributed by atoms with Gasteiger partial charge in [-0.25, -0.2) is 0 Å². The van der Waals surface area contributed by atoms with E-state index < -0.39 is 0 Å². The van der Waals surface area contributed by atoms with Gasteiger partial charge in [-0.15, -0.1) is 11.8 Å². The number of hydrogen-bond acceptors (Lipinski definition) is 4. The van der Waals surface area contributed by atoms with Crippen molar-refractivity contribution in [3.05, 3.63) is 48.0 Å². The highest BCUT2D eigenvalue weighted by Gasteiger charge is 2.15. The molecule has 0 saturated heterocycles. The summed E-state index contributed by atoms with van der Waals surface area (Å²) in [6.45, 7) is 1.92. The molecule has 0 fully saturated rings. The quantitative estimate of drug-likeness (QED) is 0.837. The topological polar surface area (TPSA) is 44.5 Å². The summed E-state index contributed by atoms with van der Waals surface area (Å²) in [5.41, 5.74) is 6.93. The lowest BCUT2D eigenvalue weighted by molar-refractivity contribution is 0.396. The van der Waals surface area contributed by atoms with E-state index in [4.69, 9.17) is 15.2 Å². The Kier molecular flexibility index (Phi) is 4.93. The lowest BCUT2D eigenvalue weighted by atomic mass is 10.1. The van der Waals surface area contributed by atoms with E-state index in [9.17, 15) is 0 Å². The van der Waals surface area contributed by atoms with E-state index in [1.807, 2.05) is 55.6 Å². The molecule has 2 rings (SSSR count). The van der Waals surface area contributed by atoms with Gasteiger partial charge in [0.1, 0.15) is 17.2 Å². The Balaban J connectivity index is 2.43. The molecule has 3 nitrogen and oxygen atoms in total. The van der Waals surface area contributed by atoms with Gasteiger partial charge in [0, 0.05) is 10.9 Å². The zero-order chi connectivity index (χ0) is 14.5. The van der Waals surface area contributed by atoms with Crippen LogP contribution in [0.25, 0.3) is 0 Å². The molecule has 0 bridgehead atoms. The molecule has 0 saturated carbocycles. The van der Waals surface area contributed by atoms with E-state index in [2.05, 4.69) is 0 Å². The van der Waals surface area contributed by atoms with E-state index in [0.29, 0.717) is 0 Å². The summed E-state index contributed by atoms with van der Waals surface area (Å²) in [4.78, 5) is 1.09. The fourth-order valence-corrected chi connectivity index (χ4v) is 2.59. The Bertz CT molecular complexity index is 584. The second kappa shape index (κ2) is 6.68. The molecule has 0 spiro atoms. The largest absolute Gasteiger partial charge is 0.496 e. The van der Waals surface area contributed by atoms with Crippen LogP contribution in [0.5, 0.6) is 17.2 Å². The van der Waals surface area contributed by atoms with Crippen LogP contribution in [-0.2, 0) is 0 Å². The molecule has 0 heterocycles. The van der Waals surface area contributed by atoms with E-state index in [-0.39, 0.29) is 6.04 Å². The van der Waals surface area contributed by atoms with Crippen LogP contribution in [-0.4, -0.2) is 13.4 Å². The number of methoxy groups -OCH3 is 1. The molecular weight excluding hydrogens is 270 g/mol. The van der Waals surface area contributed by atoms with Gasteiger partial charge in [-0.2, -0.15) is 0 Å². The number of para-hydroxylation sites is 1. The number of ether oxygens (including phenoxy) is 2. The van der Waals surface area contributed by atoms with Gasteiger partial charge in [-0.3, -0.25) is 0 Å². The van der Waals surface area contributed by atoms with Crippen molar-refractivity contribution >= 4 is 11.8 Å². The molecule has 0 aliphatic rings. The van der Waals surface area contributed by atoms with Crippen LogP contribution < -0.4 is 15.2 Å². The SMILES string of the molecule is COc1cccc(Oc2ccccc2SC)c1[C@@H](C)N. The summed E-state index contributed by atoms with van der Waals surface area (Å²) >= 11 is 1.65. The first-order valence-corrected chi connectivity index (χ1v) is 7.63. The molecule has 0 unspecified atom stereocenters. The molecular formula is C16H19NO2S. The maximum Gasteiger partial charge on any atom is 0.140 e. The Hall–Kier alpha value is -1.65. The molecule has 106 valence electrons.